The fourth-order valence-corrected chi connectivity index (χ4v) is 1.85. The molecule has 1 saturated heterocycles. The Morgan fingerprint density at radius 1 is 1.65 bits per heavy atom. The van der Waals surface area contributed by atoms with E-state index >= 15 is 0 Å². The molecule has 1 aliphatic rings. The third-order valence-electron chi connectivity index (χ3n) is 3.05. The number of likely N-dealkylation sites (N-methyl/N-ethyl adjacent to an activating group) is 1. The molecule has 2 rings (SSSR count). The number of pyridine rings is 1. The second-order valence-corrected chi connectivity index (χ2v) is 4.19. The summed E-state index contributed by atoms with van der Waals surface area (Å²) >= 11 is 0. The summed E-state index contributed by atoms with van der Waals surface area (Å²) in [6.45, 7) is 1.78. The predicted molar refractivity (Wildman–Crippen MR) is 63.4 cm³/mol. The van der Waals surface area contributed by atoms with Crippen molar-refractivity contribution in [1.82, 2.24) is 9.88 Å². The lowest BCUT2D eigenvalue weighted by molar-refractivity contribution is 0.0705. The van der Waals surface area contributed by atoms with Crippen LogP contribution in [-0.2, 0) is 11.3 Å². The molecule has 92 valence electrons. The number of rotatable bonds is 3. The smallest absolute Gasteiger partial charge is 0.272 e. The number of aromatic nitrogens is 1. The molecule has 1 atom stereocenters. The minimum Gasteiger partial charge on any atom is -0.379 e. The molecule has 0 bridgehead atoms. The lowest BCUT2D eigenvalue weighted by atomic mass is 10.2. The fraction of sp³-hybridized carbons (Fsp3) is 0.500. The molecule has 1 aromatic rings. The van der Waals surface area contributed by atoms with Crippen molar-refractivity contribution < 1.29 is 9.53 Å². The minimum atomic E-state index is -0.0657. The molecule has 2 heterocycles. The SMILES string of the molecule is CN(C(=O)c1ccc(CN)cn1)C1CCOC1. The third-order valence-corrected chi connectivity index (χ3v) is 3.05. The van der Waals surface area contributed by atoms with Gasteiger partial charge in [-0.3, -0.25) is 9.78 Å². The molecule has 1 amide bonds. The van der Waals surface area contributed by atoms with Crippen molar-refractivity contribution in [2.45, 2.75) is 19.0 Å². The van der Waals surface area contributed by atoms with Crippen molar-refractivity contribution in [1.29, 1.82) is 0 Å². The van der Waals surface area contributed by atoms with Gasteiger partial charge >= 0.3 is 0 Å². The summed E-state index contributed by atoms with van der Waals surface area (Å²) in [5, 5.41) is 0. The Balaban J connectivity index is 2.07. The highest BCUT2D eigenvalue weighted by Gasteiger charge is 2.25. The molecule has 0 saturated carbocycles. The highest BCUT2D eigenvalue weighted by atomic mass is 16.5. The molecule has 5 nitrogen and oxygen atoms in total. The van der Waals surface area contributed by atoms with E-state index in [0.717, 1.165) is 18.6 Å². The number of nitrogens with two attached hydrogens (primary N) is 1. The molecule has 1 aromatic heterocycles. The monoisotopic (exact) mass is 235 g/mol. The van der Waals surface area contributed by atoms with E-state index in [4.69, 9.17) is 10.5 Å². The van der Waals surface area contributed by atoms with Crippen LogP contribution in [0.1, 0.15) is 22.5 Å². The maximum Gasteiger partial charge on any atom is 0.272 e. The van der Waals surface area contributed by atoms with Gasteiger partial charge < -0.3 is 15.4 Å². The van der Waals surface area contributed by atoms with Crippen LogP contribution in [0.25, 0.3) is 0 Å². The predicted octanol–water partition coefficient (Wildman–Crippen LogP) is 0.401. The first-order chi connectivity index (χ1) is 8.22. The Hall–Kier alpha value is -1.46. The molecular weight excluding hydrogens is 218 g/mol. The molecule has 17 heavy (non-hydrogen) atoms. The average Bonchev–Trinajstić information content (AvgIpc) is 2.91. The van der Waals surface area contributed by atoms with Crippen molar-refractivity contribution in [3.8, 4) is 0 Å². The molecule has 1 aliphatic heterocycles. The molecule has 0 aromatic carbocycles. The van der Waals surface area contributed by atoms with Gasteiger partial charge in [0.25, 0.3) is 5.91 Å². The van der Waals surface area contributed by atoms with Crippen LogP contribution in [-0.4, -0.2) is 42.1 Å². The van der Waals surface area contributed by atoms with Gasteiger partial charge in [-0.25, -0.2) is 0 Å². The number of hydrogen-bond donors (Lipinski definition) is 1. The first-order valence-corrected chi connectivity index (χ1v) is 5.72. The van der Waals surface area contributed by atoms with Crippen molar-refractivity contribution in [3.63, 3.8) is 0 Å². The van der Waals surface area contributed by atoms with Crippen LogP contribution in [0, 0.1) is 0 Å². The minimum absolute atomic E-state index is 0.0657. The van der Waals surface area contributed by atoms with E-state index in [1.807, 2.05) is 6.07 Å². The van der Waals surface area contributed by atoms with Gasteiger partial charge in [-0.1, -0.05) is 6.07 Å². The van der Waals surface area contributed by atoms with E-state index in [1.165, 1.54) is 0 Å². The number of carbonyl (C=O) groups excluding carboxylic acids is 1. The van der Waals surface area contributed by atoms with Crippen molar-refractivity contribution in [3.05, 3.63) is 29.6 Å². The van der Waals surface area contributed by atoms with Crippen LogP contribution < -0.4 is 5.73 Å². The zero-order valence-electron chi connectivity index (χ0n) is 9.93. The molecule has 0 spiro atoms. The Kier molecular flexibility index (Phi) is 3.71. The molecule has 1 unspecified atom stereocenters. The molecule has 2 N–H and O–H groups in total. The van der Waals surface area contributed by atoms with Gasteiger partial charge in [0.15, 0.2) is 0 Å². The number of amides is 1. The first-order valence-electron chi connectivity index (χ1n) is 5.72. The van der Waals surface area contributed by atoms with Crippen LogP contribution in [0.3, 0.4) is 0 Å². The van der Waals surface area contributed by atoms with Crippen LogP contribution >= 0.6 is 0 Å². The van der Waals surface area contributed by atoms with Crippen LogP contribution in [0.5, 0.6) is 0 Å². The summed E-state index contributed by atoms with van der Waals surface area (Å²) in [6.07, 6.45) is 2.54. The summed E-state index contributed by atoms with van der Waals surface area (Å²) < 4.78 is 5.27. The van der Waals surface area contributed by atoms with Gasteiger partial charge in [0.1, 0.15) is 5.69 Å². The second kappa shape index (κ2) is 5.25. The van der Waals surface area contributed by atoms with Gasteiger partial charge in [-0.05, 0) is 18.1 Å². The molecule has 5 heteroatoms. The number of hydrogen-bond acceptors (Lipinski definition) is 4. The third kappa shape index (κ3) is 2.62. The van der Waals surface area contributed by atoms with Gasteiger partial charge in [0.2, 0.25) is 0 Å². The van der Waals surface area contributed by atoms with E-state index < -0.39 is 0 Å². The van der Waals surface area contributed by atoms with Gasteiger partial charge in [0.05, 0.1) is 12.6 Å². The fourth-order valence-electron chi connectivity index (χ4n) is 1.85. The maximum absolute atomic E-state index is 12.1. The Bertz CT molecular complexity index is 385. The summed E-state index contributed by atoms with van der Waals surface area (Å²) in [5.41, 5.74) is 6.86. The van der Waals surface area contributed by atoms with Crippen LogP contribution in [0.2, 0.25) is 0 Å². The second-order valence-electron chi connectivity index (χ2n) is 4.19. The van der Waals surface area contributed by atoms with Gasteiger partial charge in [-0.2, -0.15) is 0 Å². The van der Waals surface area contributed by atoms with E-state index in [2.05, 4.69) is 4.98 Å². The Morgan fingerprint density at radius 2 is 2.47 bits per heavy atom. The van der Waals surface area contributed by atoms with E-state index in [9.17, 15) is 4.79 Å². The highest BCUT2D eigenvalue weighted by Crippen LogP contribution is 2.13. The Morgan fingerprint density at radius 3 is 3.00 bits per heavy atom. The molecule has 0 aliphatic carbocycles. The topological polar surface area (TPSA) is 68.5 Å². The molecular formula is C12H17N3O2. The Labute approximate surface area is 101 Å². The lowest BCUT2D eigenvalue weighted by Gasteiger charge is -2.22. The number of nitrogens with zero attached hydrogens (tertiary/aromatic N) is 2. The maximum atomic E-state index is 12.1. The van der Waals surface area contributed by atoms with Crippen molar-refractivity contribution in [2.24, 2.45) is 5.73 Å². The summed E-state index contributed by atoms with van der Waals surface area (Å²) in [6, 6.07) is 3.72. The van der Waals surface area contributed by atoms with Crippen LogP contribution in [0.15, 0.2) is 18.3 Å². The van der Waals surface area contributed by atoms with Crippen LogP contribution in [0.4, 0.5) is 0 Å². The zero-order valence-corrected chi connectivity index (χ0v) is 9.93. The van der Waals surface area contributed by atoms with E-state index in [-0.39, 0.29) is 11.9 Å². The first kappa shape index (κ1) is 12.0. The quantitative estimate of drug-likeness (QED) is 0.823. The zero-order chi connectivity index (χ0) is 12.3. The van der Waals surface area contributed by atoms with Gasteiger partial charge in [-0.15, -0.1) is 0 Å². The van der Waals surface area contributed by atoms with Gasteiger partial charge in [0, 0.05) is 26.4 Å². The average molecular weight is 235 g/mol. The normalized spacial score (nSPS) is 19.3. The standard InChI is InChI=1S/C12H17N3O2/c1-15(10-4-5-17-8-10)12(16)11-3-2-9(6-13)7-14-11/h2-3,7,10H,4-6,8,13H2,1H3. The summed E-state index contributed by atoms with van der Waals surface area (Å²) in [5.74, 6) is -0.0657. The van der Waals surface area contributed by atoms with Crippen molar-refractivity contribution in [2.75, 3.05) is 20.3 Å². The molecule has 0 radical (unpaired) electrons. The lowest BCUT2D eigenvalue weighted by Crippen LogP contribution is -2.37. The highest BCUT2D eigenvalue weighted by molar-refractivity contribution is 5.92. The number of ether oxygens (including phenoxy) is 1. The number of carbonyl (C=O) groups is 1. The molecule has 1 fully saturated rings. The largest absolute Gasteiger partial charge is 0.379 e. The van der Waals surface area contributed by atoms with Crippen molar-refractivity contribution >= 4 is 5.91 Å². The van der Waals surface area contributed by atoms with E-state index in [1.54, 1.807) is 24.2 Å². The summed E-state index contributed by atoms with van der Waals surface area (Å²) in [7, 11) is 1.79. The van der Waals surface area contributed by atoms with E-state index in [0.29, 0.717) is 18.8 Å². The summed E-state index contributed by atoms with van der Waals surface area (Å²) in [4.78, 5) is 17.9.